The lowest BCUT2D eigenvalue weighted by Gasteiger charge is -2.45. The third kappa shape index (κ3) is 3.43. The molecule has 7 heteroatoms. The average Bonchev–Trinajstić information content (AvgIpc) is 2.62. The molecule has 1 aromatic heterocycles. The van der Waals surface area contributed by atoms with E-state index < -0.39 is 11.5 Å². The van der Waals surface area contributed by atoms with Gasteiger partial charge >= 0.3 is 0 Å². The Bertz CT molecular complexity index is 691. The molecule has 1 atom stereocenters. The van der Waals surface area contributed by atoms with Gasteiger partial charge in [0.1, 0.15) is 12.1 Å². The molecule has 0 amide bonds. The van der Waals surface area contributed by atoms with Crippen LogP contribution >= 0.6 is 15.9 Å². The van der Waals surface area contributed by atoms with Crippen LogP contribution in [0.25, 0.3) is 0 Å². The van der Waals surface area contributed by atoms with Crippen LogP contribution in [0, 0.1) is 5.95 Å². The Morgan fingerprint density at radius 2 is 1.83 bits per heavy atom. The van der Waals surface area contributed by atoms with E-state index in [1.807, 2.05) is 29.2 Å². The molecule has 1 unspecified atom stereocenters. The smallest absolute Gasteiger partial charge is 0.218 e. The highest BCUT2D eigenvalue weighted by Gasteiger charge is 2.35. The molecule has 0 saturated carbocycles. The van der Waals surface area contributed by atoms with E-state index in [9.17, 15) is 9.50 Å². The average molecular weight is 395 g/mol. The number of nitrogens with zero attached hydrogens (tertiary/aromatic N) is 4. The number of aliphatic hydroxyl groups excluding tert-OH is 1. The molecule has 128 valence electrons. The third-order valence-corrected chi connectivity index (χ3v) is 5.22. The normalized spacial score (nSPS) is 18.4. The van der Waals surface area contributed by atoms with Crippen LogP contribution in [0.3, 0.4) is 0 Å². The number of rotatable bonds is 4. The van der Waals surface area contributed by atoms with Crippen molar-refractivity contribution < 1.29 is 9.50 Å². The maximum Gasteiger partial charge on any atom is 0.218 e. The van der Waals surface area contributed by atoms with Gasteiger partial charge in [0.15, 0.2) is 0 Å². The van der Waals surface area contributed by atoms with Crippen molar-refractivity contribution in [2.75, 3.05) is 37.7 Å². The number of anilines is 1. The minimum atomic E-state index is -0.516. The first kappa shape index (κ1) is 17.3. The molecule has 1 N–H and O–H groups in total. The van der Waals surface area contributed by atoms with Crippen LogP contribution in [0.1, 0.15) is 12.5 Å². The van der Waals surface area contributed by atoms with Gasteiger partial charge < -0.3 is 10.0 Å². The van der Waals surface area contributed by atoms with Gasteiger partial charge in [-0.3, -0.25) is 4.90 Å². The molecule has 2 heterocycles. The van der Waals surface area contributed by atoms with Gasteiger partial charge in [0.25, 0.3) is 0 Å². The van der Waals surface area contributed by atoms with Gasteiger partial charge in [-0.1, -0.05) is 28.1 Å². The van der Waals surface area contributed by atoms with E-state index >= 15 is 0 Å². The van der Waals surface area contributed by atoms with Gasteiger partial charge in [-0.05, 0) is 24.6 Å². The predicted molar refractivity (Wildman–Crippen MR) is 94.4 cm³/mol. The molecule has 1 aromatic carbocycles. The zero-order valence-corrected chi connectivity index (χ0v) is 15.1. The molecular formula is C17H20BrFN4O. The summed E-state index contributed by atoms with van der Waals surface area (Å²) in [5.74, 6) is 0.0916. The van der Waals surface area contributed by atoms with Gasteiger partial charge in [-0.25, -0.2) is 9.97 Å². The Morgan fingerprint density at radius 1 is 1.17 bits per heavy atom. The quantitative estimate of drug-likeness (QED) is 0.806. The zero-order valence-electron chi connectivity index (χ0n) is 13.5. The van der Waals surface area contributed by atoms with Crippen LogP contribution in [0.2, 0.25) is 0 Å². The van der Waals surface area contributed by atoms with E-state index in [4.69, 9.17) is 0 Å². The Labute approximate surface area is 149 Å². The molecule has 0 aliphatic carbocycles. The SMILES string of the molecule is CC(CO)(c1ccc(Br)cc1)N1CCN(c2cc(F)ncn2)CC1. The van der Waals surface area contributed by atoms with Gasteiger partial charge in [0, 0.05) is 36.7 Å². The first-order valence-corrected chi connectivity index (χ1v) is 8.67. The Morgan fingerprint density at radius 3 is 2.42 bits per heavy atom. The van der Waals surface area contributed by atoms with Crippen LogP contribution in [0.4, 0.5) is 10.2 Å². The van der Waals surface area contributed by atoms with Crippen molar-refractivity contribution in [3.63, 3.8) is 0 Å². The minimum absolute atomic E-state index is 0.0385. The van der Waals surface area contributed by atoms with E-state index in [1.54, 1.807) is 0 Å². The molecule has 5 nitrogen and oxygen atoms in total. The van der Waals surface area contributed by atoms with Crippen molar-refractivity contribution in [2.45, 2.75) is 12.5 Å². The van der Waals surface area contributed by atoms with Crippen LogP contribution in [-0.2, 0) is 5.54 Å². The lowest BCUT2D eigenvalue weighted by Crippen LogP contribution is -2.56. The highest BCUT2D eigenvalue weighted by Crippen LogP contribution is 2.30. The standard InChI is InChI=1S/C17H20BrFN4O/c1-17(11-24,13-2-4-14(18)5-3-13)23-8-6-22(7-9-23)16-10-15(19)20-12-21-16/h2-5,10,12,24H,6-9,11H2,1H3. The molecule has 1 saturated heterocycles. The fraction of sp³-hybridized carbons (Fsp3) is 0.412. The largest absolute Gasteiger partial charge is 0.394 e. The van der Waals surface area contributed by atoms with Crippen molar-refractivity contribution in [1.29, 1.82) is 0 Å². The zero-order chi connectivity index (χ0) is 17.2. The Kier molecular flexibility index (Phi) is 5.12. The minimum Gasteiger partial charge on any atom is -0.394 e. The molecular weight excluding hydrogens is 375 g/mol. The first-order valence-electron chi connectivity index (χ1n) is 7.87. The lowest BCUT2D eigenvalue weighted by atomic mass is 9.90. The molecule has 24 heavy (non-hydrogen) atoms. The molecule has 2 aromatic rings. The second kappa shape index (κ2) is 7.13. The fourth-order valence-corrected chi connectivity index (χ4v) is 3.37. The maximum atomic E-state index is 13.3. The molecule has 1 aliphatic rings. The summed E-state index contributed by atoms with van der Waals surface area (Å²) in [4.78, 5) is 11.9. The van der Waals surface area contributed by atoms with E-state index in [-0.39, 0.29) is 6.61 Å². The van der Waals surface area contributed by atoms with Gasteiger partial charge in [0.05, 0.1) is 12.1 Å². The van der Waals surface area contributed by atoms with Crippen LogP contribution in [-0.4, -0.2) is 52.8 Å². The topological polar surface area (TPSA) is 52.5 Å². The number of piperazine rings is 1. The summed E-state index contributed by atoms with van der Waals surface area (Å²) in [6.07, 6.45) is 1.25. The van der Waals surface area contributed by atoms with Gasteiger partial charge in [-0.2, -0.15) is 4.39 Å². The Balaban J connectivity index is 1.73. The molecule has 3 rings (SSSR count). The molecule has 0 spiro atoms. The molecule has 0 radical (unpaired) electrons. The van der Waals surface area contributed by atoms with Crippen molar-refractivity contribution in [2.24, 2.45) is 0 Å². The number of aliphatic hydroxyl groups is 1. The summed E-state index contributed by atoms with van der Waals surface area (Å²) in [5, 5.41) is 10.0. The summed E-state index contributed by atoms with van der Waals surface area (Å²) in [6.45, 7) is 5.07. The van der Waals surface area contributed by atoms with Crippen LogP contribution in [0.5, 0.6) is 0 Å². The highest BCUT2D eigenvalue weighted by atomic mass is 79.9. The fourth-order valence-electron chi connectivity index (χ4n) is 3.11. The Hall–Kier alpha value is -1.57. The lowest BCUT2D eigenvalue weighted by molar-refractivity contribution is 0.0357. The first-order chi connectivity index (χ1) is 11.5. The van der Waals surface area contributed by atoms with Crippen molar-refractivity contribution >= 4 is 21.7 Å². The summed E-state index contributed by atoms with van der Waals surface area (Å²) in [7, 11) is 0. The van der Waals surface area contributed by atoms with E-state index in [0.29, 0.717) is 5.82 Å². The number of benzene rings is 1. The molecule has 1 aliphatic heterocycles. The van der Waals surface area contributed by atoms with Gasteiger partial charge in [0.2, 0.25) is 5.95 Å². The number of halogens is 2. The summed E-state index contributed by atoms with van der Waals surface area (Å²) < 4.78 is 14.3. The van der Waals surface area contributed by atoms with E-state index in [0.717, 1.165) is 36.2 Å². The summed E-state index contributed by atoms with van der Waals surface area (Å²) in [5.41, 5.74) is 0.638. The second-order valence-corrected chi connectivity index (χ2v) is 7.03. The van der Waals surface area contributed by atoms with Crippen LogP contribution < -0.4 is 4.90 Å². The summed E-state index contributed by atoms with van der Waals surface area (Å²) >= 11 is 3.44. The predicted octanol–water partition coefficient (Wildman–Crippen LogP) is 2.41. The number of hydrogen-bond acceptors (Lipinski definition) is 5. The number of aromatic nitrogens is 2. The maximum absolute atomic E-state index is 13.3. The second-order valence-electron chi connectivity index (χ2n) is 6.11. The summed E-state index contributed by atoms with van der Waals surface area (Å²) in [6, 6.07) is 9.40. The monoisotopic (exact) mass is 394 g/mol. The van der Waals surface area contributed by atoms with Crippen molar-refractivity contribution in [3.05, 3.63) is 52.6 Å². The molecule has 1 fully saturated rings. The van der Waals surface area contributed by atoms with E-state index in [1.165, 1.54) is 12.4 Å². The number of hydrogen-bond donors (Lipinski definition) is 1. The van der Waals surface area contributed by atoms with Crippen molar-refractivity contribution in [1.82, 2.24) is 14.9 Å². The van der Waals surface area contributed by atoms with Crippen LogP contribution in [0.15, 0.2) is 41.1 Å². The van der Waals surface area contributed by atoms with Crippen molar-refractivity contribution in [3.8, 4) is 0 Å². The third-order valence-electron chi connectivity index (χ3n) is 4.69. The highest BCUT2D eigenvalue weighted by molar-refractivity contribution is 9.10. The van der Waals surface area contributed by atoms with Gasteiger partial charge in [-0.15, -0.1) is 0 Å². The molecule has 0 bridgehead atoms. The van der Waals surface area contributed by atoms with E-state index in [2.05, 4.69) is 37.7 Å².